The van der Waals surface area contributed by atoms with Crippen molar-refractivity contribution < 1.29 is 22.5 Å². The van der Waals surface area contributed by atoms with Crippen LogP contribution in [-0.4, -0.2) is 42.9 Å². The molecule has 1 saturated heterocycles. The number of benzene rings is 1. The number of esters is 1. The fourth-order valence-corrected chi connectivity index (χ4v) is 4.67. The number of carbonyl (C=O) groups is 1. The van der Waals surface area contributed by atoms with E-state index in [4.69, 9.17) is 9.26 Å². The summed E-state index contributed by atoms with van der Waals surface area (Å²) in [7, 11) is -3.73. The van der Waals surface area contributed by atoms with Gasteiger partial charge in [-0.2, -0.15) is 8.42 Å². The first-order valence-corrected chi connectivity index (χ1v) is 10.2. The van der Waals surface area contributed by atoms with Gasteiger partial charge in [0.25, 0.3) is 10.0 Å². The summed E-state index contributed by atoms with van der Waals surface area (Å²) >= 11 is 0. The Balaban J connectivity index is 1.57. The van der Waals surface area contributed by atoms with E-state index < -0.39 is 22.0 Å². The lowest BCUT2D eigenvalue weighted by atomic mass is 10.0. The second-order valence-corrected chi connectivity index (χ2v) is 8.21. The fraction of sp³-hybridized carbons (Fsp3) is 0.389. The molecule has 9 heteroatoms. The van der Waals surface area contributed by atoms with Gasteiger partial charge in [0.1, 0.15) is 10.9 Å². The highest BCUT2D eigenvalue weighted by Gasteiger charge is 2.38. The van der Waals surface area contributed by atoms with E-state index in [2.05, 4.69) is 9.55 Å². The summed E-state index contributed by atoms with van der Waals surface area (Å²) in [5.74, 6) is 0.366. The first-order chi connectivity index (χ1) is 13.0. The van der Waals surface area contributed by atoms with E-state index in [-0.39, 0.29) is 11.5 Å². The highest BCUT2D eigenvalue weighted by Crippen LogP contribution is 2.31. The van der Waals surface area contributed by atoms with Crippen molar-refractivity contribution in [2.75, 3.05) is 6.54 Å². The number of piperidine rings is 1. The van der Waals surface area contributed by atoms with Crippen LogP contribution in [0.4, 0.5) is 0 Å². The largest absolute Gasteiger partial charge is 0.456 e. The Labute approximate surface area is 156 Å². The molecule has 2 aromatic rings. The quantitative estimate of drug-likeness (QED) is 0.740. The first-order valence-electron chi connectivity index (χ1n) is 8.75. The number of sulfonamides is 1. The van der Waals surface area contributed by atoms with Gasteiger partial charge in [0, 0.05) is 18.2 Å². The Morgan fingerprint density at radius 2 is 2.15 bits per heavy atom. The predicted molar refractivity (Wildman–Crippen MR) is 95.5 cm³/mol. The van der Waals surface area contributed by atoms with Gasteiger partial charge in [0.05, 0.1) is 5.69 Å². The second kappa shape index (κ2) is 6.80. The van der Waals surface area contributed by atoms with Crippen molar-refractivity contribution in [2.45, 2.75) is 43.7 Å². The molecule has 1 atom stereocenters. The molecule has 27 heavy (non-hydrogen) atoms. The number of ether oxygens (including phenoxy) is 1. The van der Waals surface area contributed by atoms with Crippen LogP contribution in [0.25, 0.3) is 0 Å². The smallest absolute Gasteiger partial charge is 0.329 e. The SMILES string of the molecule is Cc1cc(COC(=O)[C@@H]2CCCCN2C2=NS(=O)(=O)c3ccccc32)on1. The van der Waals surface area contributed by atoms with E-state index in [1.807, 2.05) is 0 Å². The molecule has 0 amide bonds. The van der Waals surface area contributed by atoms with E-state index in [1.165, 1.54) is 6.07 Å². The molecule has 2 aliphatic heterocycles. The molecule has 0 saturated carbocycles. The third kappa shape index (κ3) is 3.34. The van der Waals surface area contributed by atoms with Gasteiger partial charge in [0.2, 0.25) is 0 Å². The van der Waals surface area contributed by atoms with Crippen molar-refractivity contribution in [3.05, 3.63) is 47.3 Å². The van der Waals surface area contributed by atoms with Crippen molar-refractivity contribution in [3.8, 4) is 0 Å². The van der Waals surface area contributed by atoms with Crippen molar-refractivity contribution >= 4 is 21.8 Å². The van der Waals surface area contributed by atoms with Crippen molar-refractivity contribution in [3.63, 3.8) is 0 Å². The van der Waals surface area contributed by atoms with Crippen LogP contribution in [0.5, 0.6) is 0 Å². The Bertz CT molecular complexity index is 1010. The number of aromatic nitrogens is 1. The van der Waals surface area contributed by atoms with Gasteiger partial charge in [0.15, 0.2) is 18.2 Å². The first kappa shape index (κ1) is 17.7. The van der Waals surface area contributed by atoms with E-state index in [0.29, 0.717) is 35.8 Å². The molecule has 3 heterocycles. The highest BCUT2D eigenvalue weighted by atomic mass is 32.2. The molecule has 0 aliphatic carbocycles. The lowest BCUT2D eigenvalue weighted by Gasteiger charge is -2.35. The molecule has 0 spiro atoms. The summed E-state index contributed by atoms with van der Waals surface area (Å²) in [5.41, 5.74) is 1.24. The predicted octanol–water partition coefficient (Wildman–Crippen LogP) is 2.03. The number of nitrogens with zero attached hydrogens (tertiary/aromatic N) is 3. The maximum Gasteiger partial charge on any atom is 0.329 e. The third-order valence-corrected chi connectivity index (χ3v) is 6.02. The standard InChI is InChI=1S/C18H19N3O5S/c1-12-10-13(26-19-12)11-25-18(22)15-7-4-5-9-21(15)17-14-6-2-3-8-16(14)27(23,24)20-17/h2-3,6,8,10,15H,4-5,7,9,11H2,1H3/t15-/m0/s1. The summed E-state index contributed by atoms with van der Waals surface area (Å²) in [4.78, 5) is 14.6. The van der Waals surface area contributed by atoms with Crippen LogP contribution in [0.3, 0.4) is 0 Å². The molecular formula is C18H19N3O5S. The number of hydrogen-bond donors (Lipinski definition) is 0. The molecule has 8 nitrogen and oxygen atoms in total. The summed E-state index contributed by atoms with van der Waals surface area (Å²) in [6, 6.07) is 7.80. The Hall–Kier alpha value is -2.68. The number of aryl methyl sites for hydroxylation is 1. The highest BCUT2D eigenvalue weighted by molar-refractivity contribution is 7.90. The number of carbonyl (C=O) groups excluding carboxylic acids is 1. The van der Waals surface area contributed by atoms with Gasteiger partial charge >= 0.3 is 5.97 Å². The average molecular weight is 389 g/mol. The lowest BCUT2D eigenvalue weighted by molar-refractivity contribution is -0.151. The summed E-state index contributed by atoms with van der Waals surface area (Å²) in [6.45, 7) is 2.32. The van der Waals surface area contributed by atoms with Gasteiger partial charge < -0.3 is 14.2 Å². The monoisotopic (exact) mass is 389 g/mol. The molecule has 1 aromatic carbocycles. The molecule has 4 rings (SSSR count). The topological polar surface area (TPSA) is 102 Å². The number of likely N-dealkylation sites (tertiary alicyclic amines) is 1. The number of hydrogen-bond acceptors (Lipinski definition) is 7. The van der Waals surface area contributed by atoms with Crippen LogP contribution in [0, 0.1) is 6.92 Å². The van der Waals surface area contributed by atoms with Crippen LogP contribution in [-0.2, 0) is 26.2 Å². The van der Waals surface area contributed by atoms with Gasteiger partial charge in [-0.3, -0.25) is 0 Å². The number of fused-ring (bicyclic) bond motifs is 1. The lowest BCUT2D eigenvalue weighted by Crippen LogP contribution is -2.48. The molecule has 142 valence electrons. The minimum absolute atomic E-state index is 0.00856. The van der Waals surface area contributed by atoms with Gasteiger partial charge in [-0.1, -0.05) is 17.3 Å². The average Bonchev–Trinajstić information content (AvgIpc) is 3.21. The molecule has 2 aliphatic rings. The normalized spacial score (nSPS) is 20.9. The van der Waals surface area contributed by atoms with Crippen molar-refractivity contribution in [1.29, 1.82) is 0 Å². The Morgan fingerprint density at radius 3 is 2.93 bits per heavy atom. The molecule has 0 bridgehead atoms. The zero-order chi connectivity index (χ0) is 19.0. The zero-order valence-corrected chi connectivity index (χ0v) is 15.6. The van der Waals surface area contributed by atoms with Crippen LogP contribution >= 0.6 is 0 Å². The van der Waals surface area contributed by atoms with E-state index >= 15 is 0 Å². The summed E-state index contributed by atoms with van der Waals surface area (Å²) in [6.07, 6.45) is 2.29. The summed E-state index contributed by atoms with van der Waals surface area (Å²) < 4.78 is 39.1. The molecule has 0 N–H and O–H groups in total. The second-order valence-electron chi connectivity index (χ2n) is 6.63. The molecule has 0 unspecified atom stereocenters. The van der Waals surface area contributed by atoms with Crippen molar-refractivity contribution in [1.82, 2.24) is 10.1 Å². The number of amidine groups is 1. The molecule has 1 aromatic heterocycles. The zero-order valence-electron chi connectivity index (χ0n) is 14.8. The molecule has 1 fully saturated rings. The van der Waals surface area contributed by atoms with Gasteiger partial charge in [-0.25, -0.2) is 4.79 Å². The van der Waals surface area contributed by atoms with E-state index in [9.17, 15) is 13.2 Å². The van der Waals surface area contributed by atoms with E-state index in [1.54, 1.807) is 36.1 Å². The fourth-order valence-electron chi connectivity index (χ4n) is 3.45. The van der Waals surface area contributed by atoms with Crippen molar-refractivity contribution in [2.24, 2.45) is 4.40 Å². The Kier molecular flexibility index (Phi) is 4.47. The van der Waals surface area contributed by atoms with Crippen LogP contribution in [0.1, 0.15) is 36.3 Å². The van der Waals surface area contributed by atoms with Crippen LogP contribution in [0.15, 0.2) is 44.1 Å². The van der Waals surface area contributed by atoms with Crippen LogP contribution in [0.2, 0.25) is 0 Å². The van der Waals surface area contributed by atoms with Crippen LogP contribution < -0.4 is 0 Å². The maximum atomic E-state index is 12.7. The Morgan fingerprint density at radius 1 is 1.33 bits per heavy atom. The van der Waals surface area contributed by atoms with Gasteiger partial charge in [-0.15, -0.1) is 4.40 Å². The van der Waals surface area contributed by atoms with Gasteiger partial charge in [-0.05, 0) is 38.3 Å². The molecule has 0 radical (unpaired) electrons. The summed E-state index contributed by atoms with van der Waals surface area (Å²) in [5, 5.41) is 3.76. The number of rotatable bonds is 3. The third-order valence-electron chi connectivity index (χ3n) is 4.69. The minimum Gasteiger partial charge on any atom is -0.456 e. The molecular weight excluding hydrogens is 370 g/mol. The van der Waals surface area contributed by atoms with E-state index in [0.717, 1.165) is 12.8 Å². The maximum absolute atomic E-state index is 12.7. The minimum atomic E-state index is -3.73.